The lowest BCUT2D eigenvalue weighted by Crippen LogP contribution is -2.31. The third-order valence-corrected chi connectivity index (χ3v) is 5.25. The van der Waals surface area contributed by atoms with Gasteiger partial charge in [0.05, 0.1) is 26.0 Å². The van der Waals surface area contributed by atoms with Gasteiger partial charge in [-0.15, -0.1) is 0 Å². The number of piperidine rings is 1. The number of rotatable bonds is 6. The van der Waals surface area contributed by atoms with Crippen LogP contribution in [0.3, 0.4) is 0 Å². The molecule has 1 fully saturated rings. The second-order valence-electron chi connectivity index (χ2n) is 7.43. The Morgan fingerprint density at radius 2 is 1.77 bits per heavy atom. The van der Waals surface area contributed by atoms with Gasteiger partial charge >= 0.3 is 0 Å². The van der Waals surface area contributed by atoms with Crippen molar-refractivity contribution in [1.29, 1.82) is 0 Å². The molecule has 7 heteroatoms. The summed E-state index contributed by atoms with van der Waals surface area (Å²) >= 11 is 0. The number of hydrazone groups is 1. The first kappa shape index (κ1) is 19.9. The van der Waals surface area contributed by atoms with E-state index in [9.17, 15) is 0 Å². The molecule has 0 saturated carbocycles. The van der Waals surface area contributed by atoms with Crippen molar-refractivity contribution in [3.05, 3.63) is 47.5 Å². The van der Waals surface area contributed by atoms with E-state index in [0.29, 0.717) is 23.3 Å². The molecule has 1 aliphatic rings. The molecular weight excluding hydrogens is 378 g/mol. The summed E-state index contributed by atoms with van der Waals surface area (Å²) in [7, 11) is 3.25. The van der Waals surface area contributed by atoms with E-state index in [-0.39, 0.29) is 0 Å². The predicted octanol–water partition coefficient (Wildman–Crippen LogP) is 4.39. The van der Waals surface area contributed by atoms with Gasteiger partial charge in [0.15, 0.2) is 17.3 Å². The Labute approximate surface area is 176 Å². The van der Waals surface area contributed by atoms with Crippen LogP contribution >= 0.6 is 0 Å². The SMILES string of the molecule is COc1cc2nc(N3CCCCC3)nc(N/N=C/c3cccc(C)c3)c2cc1OC. The lowest BCUT2D eigenvalue weighted by molar-refractivity contribution is 0.356. The molecule has 1 aromatic heterocycles. The fourth-order valence-corrected chi connectivity index (χ4v) is 3.68. The highest BCUT2D eigenvalue weighted by atomic mass is 16.5. The lowest BCUT2D eigenvalue weighted by atomic mass is 10.1. The fourth-order valence-electron chi connectivity index (χ4n) is 3.68. The van der Waals surface area contributed by atoms with Crippen molar-refractivity contribution in [2.24, 2.45) is 5.10 Å². The first-order valence-corrected chi connectivity index (χ1v) is 10.2. The zero-order valence-electron chi connectivity index (χ0n) is 17.7. The van der Waals surface area contributed by atoms with Crippen molar-refractivity contribution in [3.8, 4) is 11.5 Å². The fraction of sp³-hybridized carbons (Fsp3) is 0.348. The van der Waals surface area contributed by atoms with Crippen LogP contribution in [0.2, 0.25) is 0 Å². The number of fused-ring (bicyclic) bond motifs is 1. The van der Waals surface area contributed by atoms with E-state index in [4.69, 9.17) is 19.4 Å². The Hall–Kier alpha value is -3.35. The molecular formula is C23H27N5O2. The van der Waals surface area contributed by atoms with Gasteiger partial charge in [-0.25, -0.2) is 4.98 Å². The summed E-state index contributed by atoms with van der Waals surface area (Å²) in [5.41, 5.74) is 6.12. The van der Waals surface area contributed by atoms with E-state index in [1.165, 1.54) is 12.0 Å². The van der Waals surface area contributed by atoms with Crippen LogP contribution in [0, 0.1) is 6.92 Å². The summed E-state index contributed by atoms with van der Waals surface area (Å²) in [5.74, 6) is 2.63. The zero-order valence-corrected chi connectivity index (χ0v) is 17.7. The number of aromatic nitrogens is 2. The molecule has 0 spiro atoms. The minimum Gasteiger partial charge on any atom is -0.493 e. The van der Waals surface area contributed by atoms with E-state index in [1.54, 1.807) is 20.4 Å². The number of aryl methyl sites for hydroxylation is 1. The maximum atomic E-state index is 5.48. The molecule has 2 aromatic carbocycles. The van der Waals surface area contributed by atoms with Gasteiger partial charge in [-0.2, -0.15) is 10.1 Å². The molecule has 1 N–H and O–H groups in total. The van der Waals surface area contributed by atoms with E-state index in [2.05, 4.69) is 34.5 Å². The minimum atomic E-state index is 0.630. The van der Waals surface area contributed by atoms with Crippen LogP contribution in [0.25, 0.3) is 10.9 Å². The van der Waals surface area contributed by atoms with Crippen LogP contribution in [0.5, 0.6) is 11.5 Å². The number of nitrogens with zero attached hydrogens (tertiary/aromatic N) is 4. The number of hydrogen-bond donors (Lipinski definition) is 1. The van der Waals surface area contributed by atoms with E-state index in [0.717, 1.165) is 42.4 Å². The maximum Gasteiger partial charge on any atom is 0.227 e. The van der Waals surface area contributed by atoms with Crippen LogP contribution < -0.4 is 19.8 Å². The highest BCUT2D eigenvalue weighted by Crippen LogP contribution is 2.35. The number of nitrogens with one attached hydrogen (secondary N) is 1. The van der Waals surface area contributed by atoms with Gasteiger partial charge < -0.3 is 14.4 Å². The molecule has 4 rings (SSSR count). The van der Waals surface area contributed by atoms with Gasteiger partial charge in [-0.3, -0.25) is 5.43 Å². The average molecular weight is 406 g/mol. The number of benzene rings is 2. The standard InChI is InChI=1S/C23H27N5O2/c1-16-8-7-9-17(12-16)15-24-27-22-18-13-20(29-2)21(30-3)14-19(18)25-23(26-22)28-10-5-4-6-11-28/h7-9,12-15H,4-6,10-11H2,1-3H3,(H,25,26,27)/b24-15+. The van der Waals surface area contributed by atoms with Crippen LogP contribution in [0.1, 0.15) is 30.4 Å². The molecule has 0 atom stereocenters. The number of ether oxygens (including phenoxy) is 2. The van der Waals surface area contributed by atoms with Crippen LogP contribution in [0.15, 0.2) is 41.5 Å². The van der Waals surface area contributed by atoms with Crippen molar-refractivity contribution in [2.75, 3.05) is 37.6 Å². The molecule has 0 unspecified atom stereocenters. The molecule has 3 aromatic rings. The number of methoxy groups -OCH3 is 2. The topological polar surface area (TPSA) is 71.9 Å². The van der Waals surface area contributed by atoms with Gasteiger partial charge in [0.1, 0.15) is 0 Å². The van der Waals surface area contributed by atoms with Crippen molar-refractivity contribution < 1.29 is 9.47 Å². The van der Waals surface area contributed by atoms with Gasteiger partial charge in [-0.05, 0) is 37.8 Å². The average Bonchev–Trinajstić information content (AvgIpc) is 2.78. The summed E-state index contributed by atoms with van der Waals surface area (Å²) in [4.78, 5) is 11.8. The highest BCUT2D eigenvalue weighted by molar-refractivity contribution is 5.93. The first-order chi connectivity index (χ1) is 14.7. The second kappa shape index (κ2) is 8.98. The maximum absolute atomic E-state index is 5.48. The molecule has 0 bridgehead atoms. The van der Waals surface area contributed by atoms with Crippen molar-refractivity contribution >= 4 is 28.9 Å². The largest absolute Gasteiger partial charge is 0.493 e. The highest BCUT2D eigenvalue weighted by Gasteiger charge is 2.18. The molecule has 156 valence electrons. The van der Waals surface area contributed by atoms with Crippen molar-refractivity contribution in [2.45, 2.75) is 26.2 Å². The lowest BCUT2D eigenvalue weighted by Gasteiger charge is -2.27. The molecule has 0 aliphatic carbocycles. The summed E-state index contributed by atoms with van der Waals surface area (Å²) in [6, 6.07) is 12.0. The molecule has 1 aliphatic heterocycles. The summed E-state index contributed by atoms with van der Waals surface area (Å²) < 4.78 is 10.9. The summed E-state index contributed by atoms with van der Waals surface area (Å²) in [6.07, 6.45) is 5.35. The molecule has 7 nitrogen and oxygen atoms in total. The summed E-state index contributed by atoms with van der Waals surface area (Å²) in [6.45, 7) is 3.99. The van der Waals surface area contributed by atoms with Crippen molar-refractivity contribution in [3.63, 3.8) is 0 Å². The smallest absolute Gasteiger partial charge is 0.227 e. The molecule has 0 amide bonds. The monoisotopic (exact) mass is 405 g/mol. The Morgan fingerprint density at radius 1 is 1.00 bits per heavy atom. The normalized spacial score (nSPS) is 14.3. The van der Waals surface area contributed by atoms with Gasteiger partial charge in [0.25, 0.3) is 0 Å². The Balaban J connectivity index is 1.74. The van der Waals surface area contributed by atoms with Gasteiger partial charge in [0, 0.05) is 24.5 Å². The van der Waals surface area contributed by atoms with Gasteiger partial charge in [-0.1, -0.05) is 29.8 Å². The predicted molar refractivity (Wildman–Crippen MR) is 121 cm³/mol. The first-order valence-electron chi connectivity index (χ1n) is 10.2. The van der Waals surface area contributed by atoms with E-state index in [1.807, 2.05) is 24.3 Å². The second-order valence-corrected chi connectivity index (χ2v) is 7.43. The van der Waals surface area contributed by atoms with Crippen molar-refractivity contribution in [1.82, 2.24) is 9.97 Å². The van der Waals surface area contributed by atoms with Gasteiger partial charge in [0.2, 0.25) is 5.95 Å². The molecule has 1 saturated heterocycles. The molecule has 30 heavy (non-hydrogen) atoms. The Kier molecular flexibility index (Phi) is 5.97. The number of hydrogen-bond acceptors (Lipinski definition) is 7. The van der Waals surface area contributed by atoms with E-state index >= 15 is 0 Å². The summed E-state index contributed by atoms with van der Waals surface area (Å²) in [5, 5.41) is 5.26. The van der Waals surface area contributed by atoms with Crippen LogP contribution in [-0.2, 0) is 0 Å². The minimum absolute atomic E-state index is 0.630. The van der Waals surface area contributed by atoms with Crippen LogP contribution in [-0.4, -0.2) is 43.5 Å². The number of anilines is 2. The van der Waals surface area contributed by atoms with E-state index < -0.39 is 0 Å². The Bertz CT molecular complexity index is 1060. The quantitative estimate of drug-likeness (QED) is 0.484. The van der Waals surface area contributed by atoms with Crippen LogP contribution in [0.4, 0.5) is 11.8 Å². The third-order valence-electron chi connectivity index (χ3n) is 5.25. The molecule has 2 heterocycles. The Morgan fingerprint density at radius 3 is 2.50 bits per heavy atom. The zero-order chi connectivity index (χ0) is 20.9. The third kappa shape index (κ3) is 4.30. The molecule has 0 radical (unpaired) electrons.